The number of piperazine rings is 1. The van der Waals surface area contributed by atoms with E-state index in [9.17, 15) is 9.59 Å². The molecule has 0 radical (unpaired) electrons. The maximum Gasteiger partial charge on any atom is 0.270 e. The number of ether oxygens (including phenoxy) is 1. The van der Waals surface area contributed by atoms with Gasteiger partial charge in [-0.2, -0.15) is 0 Å². The van der Waals surface area contributed by atoms with Crippen molar-refractivity contribution in [1.29, 1.82) is 0 Å². The standard InChI is InChI=1S/C22H29N3O3/c1-22(2,3)16-7-6-15-13-18(23-17(15)14-16)20(26)24-8-10-25(11-9-24)21(27)19-5-4-12-28-19/h6-7,13-14,19,23H,4-5,8-12H2,1-3H3. The molecule has 3 heterocycles. The van der Waals surface area contributed by atoms with E-state index in [0.717, 1.165) is 23.7 Å². The number of fused-ring (bicyclic) bond motifs is 1. The summed E-state index contributed by atoms with van der Waals surface area (Å²) in [5, 5.41) is 1.04. The van der Waals surface area contributed by atoms with Crippen molar-refractivity contribution in [3.05, 3.63) is 35.5 Å². The SMILES string of the molecule is CC(C)(C)c1ccc2cc(C(=O)N3CCN(C(=O)C4CCCO4)CC3)[nH]c2c1. The summed E-state index contributed by atoms with van der Waals surface area (Å²) in [5.74, 6) is 0.0719. The van der Waals surface area contributed by atoms with Gasteiger partial charge in [0.05, 0.1) is 0 Å². The molecule has 0 saturated carbocycles. The quantitative estimate of drug-likeness (QED) is 0.867. The summed E-state index contributed by atoms with van der Waals surface area (Å²) in [6.45, 7) is 9.46. The van der Waals surface area contributed by atoms with Crippen LogP contribution in [0.4, 0.5) is 0 Å². The Morgan fingerprint density at radius 2 is 1.79 bits per heavy atom. The summed E-state index contributed by atoms with van der Waals surface area (Å²) >= 11 is 0. The number of aromatic amines is 1. The first-order chi connectivity index (χ1) is 13.3. The minimum atomic E-state index is -0.284. The van der Waals surface area contributed by atoms with Crippen LogP contribution in [0.5, 0.6) is 0 Å². The van der Waals surface area contributed by atoms with E-state index in [1.54, 1.807) is 0 Å². The number of aromatic nitrogens is 1. The van der Waals surface area contributed by atoms with Crippen molar-refractivity contribution in [3.63, 3.8) is 0 Å². The summed E-state index contributed by atoms with van der Waals surface area (Å²) in [5.41, 5.74) is 2.90. The highest BCUT2D eigenvalue weighted by molar-refractivity contribution is 5.98. The van der Waals surface area contributed by atoms with E-state index in [0.29, 0.717) is 38.5 Å². The number of nitrogens with one attached hydrogen (secondary N) is 1. The van der Waals surface area contributed by atoms with Gasteiger partial charge in [-0.1, -0.05) is 32.9 Å². The average molecular weight is 383 g/mol. The van der Waals surface area contributed by atoms with Crippen LogP contribution in [0.3, 0.4) is 0 Å². The lowest BCUT2D eigenvalue weighted by molar-refractivity contribution is -0.142. The van der Waals surface area contributed by atoms with Gasteiger partial charge in [-0.25, -0.2) is 0 Å². The van der Waals surface area contributed by atoms with Crippen molar-refractivity contribution >= 4 is 22.7 Å². The third kappa shape index (κ3) is 3.65. The number of H-pyrrole nitrogens is 1. The number of nitrogens with zero attached hydrogens (tertiary/aromatic N) is 2. The molecule has 6 nitrogen and oxygen atoms in total. The predicted octanol–water partition coefficient (Wildman–Crippen LogP) is 2.93. The lowest BCUT2D eigenvalue weighted by atomic mass is 9.87. The van der Waals surface area contributed by atoms with Crippen LogP contribution in [-0.4, -0.2) is 65.5 Å². The van der Waals surface area contributed by atoms with Crippen molar-refractivity contribution in [2.75, 3.05) is 32.8 Å². The fourth-order valence-corrected chi connectivity index (χ4v) is 3.99. The minimum Gasteiger partial charge on any atom is -0.368 e. The van der Waals surface area contributed by atoms with Crippen molar-refractivity contribution in [2.45, 2.75) is 45.1 Å². The maximum absolute atomic E-state index is 13.0. The van der Waals surface area contributed by atoms with E-state index in [-0.39, 0.29) is 23.3 Å². The Morgan fingerprint density at radius 3 is 2.43 bits per heavy atom. The van der Waals surface area contributed by atoms with Gasteiger partial charge in [0.2, 0.25) is 0 Å². The molecule has 1 aromatic heterocycles. The van der Waals surface area contributed by atoms with Crippen LogP contribution >= 0.6 is 0 Å². The number of benzene rings is 1. The van der Waals surface area contributed by atoms with Crippen LogP contribution in [-0.2, 0) is 14.9 Å². The van der Waals surface area contributed by atoms with Gasteiger partial charge in [-0.3, -0.25) is 9.59 Å². The number of amides is 2. The Bertz CT molecular complexity index is 882. The molecule has 0 spiro atoms. The number of carbonyl (C=O) groups excluding carboxylic acids is 2. The molecular formula is C22H29N3O3. The van der Waals surface area contributed by atoms with Crippen LogP contribution in [0, 0.1) is 0 Å². The molecule has 2 amide bonds. The Kier molecular flexibility index (Phi) is 4.91. The molecule has 1 N–H and O–H groups in total. The molecule has 150 valence electrons. The molecular weight excluding hydrogens is 354 g/mol. The molecule has 2 saturated heterocycles. The normalized spacial score (nSPS) is 20.8. The van der Waals surface area contributed by atoms with Gasteiger partial charge in [0, 0.05) is 43.7 Å². The van der Waals surface area contributed by atoms with Gasteiger partial charge in [0.1, 0.15) is 11.8 Å². The summed E-state index contributed by atoms with van der Waals surface area (Å²) in [4.78, 5) is 32.4. The molecule has 2 aliphatic heterocycles. The molecule has 0 bridgehead atoms. The molecule has 2 aromatic rings. The molecule has 1 atom stereocenters. The second kappa shape index (κ2) is 7.24. The zero-order valence-corrected chi connectivity index (χ0v) is 17.0. The summed E-state index contributed by atoms with van der Waals surface area (Å²) in [7, 11) is 0. The number of hydrogen-bond acceptors (Lipinski definition) is 3. The topological polar surface area (TPSA) is 65.6 Å². The summed E-state index contributed by atoms with van der Waals surface area (Å²) in [6, 6.07) is 8.25. The van der Waals surface area contributed by atoms with E-state index in [2.05, 4.69) is 44.0 Å². The van der Waals surface area contributed by atoms with E-state index in [4.69, 9.17) is 4.74 Å². The van der Waals surface area contributed by atoms with E-state index in [1.165, 1.54) is 5.56 Å². The Balaban J connectivity index is 1.43. The smallest absolute Gasteiger partial charge is 0.270 e. The number of hydrogen-bond donors (Lipinski definition) is 1. The molecule has 4 rings (SSSR count). The molecule has 1 aromatic carbocycles. The number of rotatable bonds is 2. The minimum absolute atomic E-state index is 0.00211. The first-order valence-electron chi connectivity index (χ1n) is 10.2. The molecule has 28 heavy (non-hydrogen) atoms. The Labute approximate surface area is 165 Å². The highest BCUT2D eigenvalue weighted by atomic mass is 16.5. The largest absolute Gasteiger partial charge is 0.368 e. The third-order valence-corrected chi connectivity index (χ3v) is 5.80. The van der Waals surface area contributed by atoms with Gasteiger partial charge in [-0.05, 0) is 36.0 Å². The zero-order chi connectivity index (χ0) is 19.9. The van der Waals surface area contributed by atoms with Gasteiger partial charge < -0.3 is 19.5 Å². The summed E-state index contributed by atoms with van der Waals surface area (Å²) < 4.78 is 5.50. The fourth-order valence-electron chi connectivity index (χ4n) is 3.99. The van der Waals surface area contributed by atoms with Gasteiger partial charge in [-0.15, -0.1) is 0 Å². The fraction of sp³-hybridized carbons (Fsp3) is 0.545. The second-order valence-electron chi connectivity index (χ2n) is 8.85. The molecule has 1 unspecified atom stereocenters. The first kappa shape index (κ1) is 19.0. The lowest BCUT2D eigenvalue weighted by Gasteiger charge is -2.35. The Hall–Kier alpha value is -2.34. The molecule has 2 aliphatic rings. The van der Waals surface area contributed by atoms with E-state index in [1.807, 2.05) is 15.9 Å². The first-order valence-corrected chi connectivity index (χ1v) is 10.2. The van der Waals surface area contributed by atoms with Crippen LogP contribution < -0.4 is 0 Å². The van der Waals surface area contributed by atoms with Crippen LogP contribution in [0.2, 0.25) is 0 Å². The third-order valence-electron chi connectivity index (χ3n) is 5.80. The highest BCUT2D eigenvalue weighted by Crippen LogP contribution is 2.26. The second-order valence-corrected chi connectivity index (χ2v) is 8.85. The van der Waals surface area contributed by atoms with E-state index >= 15 is 0 Å². The van der Waals surface area contributed by atoms with Crippen LogP contribution in [0.1, 0.15) is 49.7 Å². The van der Waals surface area contributed by atoms with Gasteiger partial charge >= 0.3 is 0 Å². The van der Waals surface area contributed by atoms with E-state index < -0.39 is 0 Å². The monoisotopic (exact) mass is 383 g/mol. The average Bonchev–Trinajstić information content (AvgIpc) is 3.35. The van der Waals surface area contributed by atoms with Crippen molar-refractivity contribution < 1.29 is 14.3 Å². The predicted molar refractivity (Wildman–Crippen MR) is 108 cm³/mol. The van der Waals surface area contributed by atoms with Crippen LogP contribution in [0.25, 0.3) is 10.9 Å². The number of carbonyl (C=O) groups is 2. The van der Waals surface area contributed by atoms with Gasteiger partial charge in [0.25, 0.3) is 11.8 Å². The molecule has 6 heteroatoms. The molecule has 2 fully saturated rings. The highest BCUT2D eigenvalue weighted by Gasteiger charge is 2.31. The zero-order valence-electron chi connectivity index (χ0n) is 17.0. The maximum atomic E-state index is 13.0. The Morgan fingerprint density at radius 1 is 1.07 bits per heavy atom. The van der Waals surface area contributed by atoms with Crippen molar-refractivity contribution in [2.24, 2.45) is 0 Å². The summed E-state index contributed by atoms with van der Waals surface area (Å²) in [6.07, 6.45) is 1.48. The molecule has 0 aliphatic carbocycles. The van der Waals surface area contributed by atoms with Crippen molar-refractivity contribution in [3.8, 4) is 0 Å². The van der Waals surface area contributed by atoms with Crippen molar-refractivity contribution in [1.82, 2.24) is 14.8 Å². The van der Waals surface area contributed by atoms with Crippen LogP contribution in [0.15, 0.2) is 24.3 Å². The lowest BCUT2D eigenvalue weighted by Crippen LogP contribution is -2.52. The van der Waals surface area contributed by atoms with Gasteiger partial charge in [0.15, 0.2) is 0 Å².